The van der Waals surface area contributed by atoms with Gasteiger partial charge in [0.15, 0.2) is 0 Å². The molecule has 0 N–H and O–H groups in total. The Balaban J connectivity index is 1.99. The molecule has 0 aliphatic carbocycles. The maximum atomic E-state index is 13.0. The van der Waals surface area contributed by atoms with Crippen molar-refractivity contribution in [2.24, 2.45) is 0 Å². The number of terminal acetylenes is 1. The third-order valence-corrected chi connectivity index (χ3v) is 3.15. The maximum Gasteiger partial charge on any atom is 0.124 e. The molecule has 1 aliphatic rings. The largest absolute Gasteiger partial charge is 0.364 e. The zero-order chi connectivity index (χ0) is 12.3. The lowest BCUT2D eigenvalue weighted by atomic mass is 10.0. The number of ether oxygens (including phenoxy) is 1. The lowest BCUT2D eigenvalue weighted by Gasteiger charge is -2.01. The first-order valence-corrected chi connectivity index (χ1v) is 6.17. The van der Waals surface area contributed by atoms with Gasteiger partial charge in [0, 0.05) is 5.56 Å². The second kappa shape index (κ2) is 5.33. The van der Waals surface area contributed by atoms with Crippen LogP contribution in [0.2, 0.25) is 0 Å². The zero-order valence-corrected chi connectivity index (χ0v) is 10.1. The molecule has 0 bridgehead atoms. The molecule has 0 radical (unpaired) electrons. The first-order chi connectivity index (χ1) is 8.26. The molecule has 1 aromatic carbocycles. The normalized spacial score (nSPS) is 22.2. The van der Waals surface area contributed by atoms with E-state index in [0.717, 1.165) is 12.0 Å². The van der Waals surface area contributed by atoms with E-state index >= 15 is 0 Å². The highest BCUT2D eigenvalue weighted by Gasteiger charge is 2.40. The van der Waals surface area contributed by atoms with Crippen molar-refractivity contribution in [3.63, 3.8) is 0 Å². The van der Waals surface area contributed by atoms with Gasteiger partial charge in [-0.15, -0.1) is 6.42 Å². The van der Waals surface area contributed by atoms with E-state index in [1.165, 1.54) is 31.4 Å². The standard InChI is InChI=1S/C15H17FO/c1-3-5-6-7-14-15(17-14)13-9-8-12(16)10-11(13)4-2/h2,8-10,14-15H,3,5-7H2,1H3. The molecule has 2 rings (SSSR count). The van der Waals surface area contributed by atoms with E-state index in [2.05, 4.69) is 12.8 Å². The van der Waals surface area contributed by atoms with Gasteiger partial charge in [-0.1, -0.05) is 38.2 Å². The van der Waals surface area contributed by atoms with Gasteiger partial charge in [-0.2, -0.15) is 0 Å². The van der Waals surface area contributed by atoms with Crippen LogP contribution in [0.25, 0.3) is 0 Å². The summed E-state index contributed by atoms with van der Waals surface area (Å²) >= 11 is 0. The minimum Gasteiger partial charge on any atom is -0.364 e. The molecule has 0 saturated carbocycles. The Morgan fingerprint density at radius 2 is 2.24 bits per heavy atom. The Morgan fingerprint density at radius 1 is 1.41 bits per heavy atom. The first kappa shape index (κ1) is 12.1. The van der Waals surface area contributed by atoms with Gasteiger partial charge in [0.05, 0.1) is 6.10 Å². The van der Waals surface area contributed by atoms with Gasteiger partial charge in [-0.05, 0) is 24.1 Å². The number of benzene rings is 1. The highest BCUT2D eigenvalue weighted by atomic mass is 19.1. The van der Waals surface area contributed by atoms with Crippen molar-refractivity contribution in [2.45, 2.75) is 44.8 Å². The van der Waals surface area contributed by atoms with Crippen molar-refractivity contribution in [2.75, 3.05) is 0 Å². The summed E-state index contributed by atoms with van der Waals surface area (Å²) in [6.07, 6.45) is 10.4. The van der Waals surface area contributed by atoms with E-state index in [9.17, 15) is 4.39 Å². The Morgan fingerprint density at radius 3 is 2.94 bits per heavy atom. The second-order valence-corrected chi connectivity index (χ2v) is 4.47. The molecule has 17 heavy (non-hydrogen) atoms. The maximum absolute atomic E-state index is 13.0. The van der Waals surface area contributed by atoms with Crippen molar-refractivity contribution in [1.29, 1.82) is 0 Å². The molecule has 2 atom stereocenters. The summed E-state index contributed by atoms with van der Waals surface area (Å²) in [7, 11) is 0. The number of halogens is 1. The average Bonchev–Trinajstić information content (AvgIpc) is 3.08. The van der Waals surface area contributed by atoms with Crippen LogP contribution in [0.3, 0.4) is 0 Å². The summed E-state index contributed by atoms with van der Waals surface area (Å²) in [5.74, 6) is 2.24. The van der Waals surface area contributed by atoms with Gasteiger partial charge in [0.2, 0.25) is 0 Å². The molecule has 1 fully saturated rings. The van der Waals surface area contributed by atoms with E-state index in [1.54, 1.807) is 6.07 Å². The van der Waals surface area contributed by atoms with Gasteiger partial charge in [0.1, 0.15) is 11.9 Å². The number of unbranched alkanes of at least 4 members (excludes halogenated alkanes) is 2. The third-order valence-electron chi connectivity index (χ3n) is 3.15. The molecule has 1 aliphatic heterocycles. The zero-order valence-electron chi connectivity index (χ0n) is 10.1. The van der Waals surface area contributed by atoms with Crippen molar-refractivity contribution < 1.29 is 9.13 Å². The molecule has 2 heteroatoms. The predicted molar refractivity (Wildman–Crippen MR) is 66.1 cm³/mol. The molecule has 1 aromatic rings. The van der Waals surface area contributed by atoms with Crippen molar-refractivity contribution >= 4 is 0 Å². The summed E-state index contributed by atoms with van der Waals surface area (Å²) in [4.78, 5) is 0. The first-order valence-electron chi connectivity index (χ1n) is 6.17. The Hall–Kier alpha value is -1.33. The molecule has 0 amide bonds. The highest BCUT2D eigenvalue weighted by Crippen LogP contribution is 2.43. The molecular weight excluding hydrogens is 215 g/mol. The SMILES string of the molecule is C#Cc1cc(F)ccc1C1OC1CCCCC. The summed E-state index contributed by atoms with van der Waals surface area (Å²) in [6.45, 7) is 2.18. The van der Waals surface area contributed by atoms with E-state index < -0.39 is 0 Å². The van der Waals surface area contributed by atoms with Crippen LogP contribution in [-0.4, -0.2) is 6.10 Å². The topological polar surface area (TPSA) is 12.5 Å². The molecule has 0 spiro atoms. The smallest absolute Gasteiger partial charge is 0.124 e. The fraction of sp³-hybridized carbons (Fsp3) is 0.467. The molecule has 1 saturated heterocycles. The van der Waals surface area contributed by atoms with Crippen molar-refractivity contribution in [3.8, 4) is 12.3 Å². The lowest BCUT2D eigenvalue weighted by Crippen LogP contribution is -1.93. The van der Waals surface area contributed by atoms with Crippen LogP contribution >= 0.6 is 0 Å². The van der Waals surface area contributed by atoms with Gasteiger partial charge in [0.25, 0.3) is 0 Å². The van der Waals surface area contributed by atoms with Crippen molar-refractivity contribution in [1.82, 2.24) is 0 Å². The lowest BCUT2D eigenvalue weighted by molar-refractivity contribution is 0.361. The summed E-state index contributed by atoms with van der Waals surface area (Å²) in [6, 6.07) is 4.59. The fourth-order valence-electron chi connectivity index (χ4n) is 2.13. The van der Waals surface area contributed by atoms with Gasteiger partial charge >= 0.3 is 0 Å². The quantitative estimate of drug-likeness (QED) is 0.427. The summed E-state index contributed by atoms with van der Waals surface area (Å²) < 4.78 is 18.6. The van der Waals surface area contributed by atoms with Crippen LogP contribution < -0.4 is 0 Å². The van der Waals surface area contributed by atoms with Crippen LogP contribution in [0.1, 0.15) is 49.8 Å². The van der Waals surface area contributed by atoms with E-state index in [4.69, 9.17) is 11.2 Å². The predicted octanol–water partition coefficient (Wildman–Crippen LogP) is 3.83. The number of hydrogen-bond acceptors (Lipinski definition) is 1. The monoisotopic (exact) mass is 232 g/mol. The van der Waals surface area contributed by atoms with E-state index in [1.807, 2.05) is 0 Å². The van der Waals surface area contributed by atoms with Crippen LogP contribution in [-0.2, 0) is 4.74 Å². The Bertz CT molecular complexity index is 433. The second-order valence-electron chi connectivity index (χ2n) is 4.47. The number of hydrogen-bond donors (Lipinski definition) is 0. The van der Waals surface area contributed by atoms with Crippen LogP contribution in [0.4, 0.5) is 4.39 Å². The van der Waals surface area contributed by atoms with Gasteiger partial charge in [-0.25, -0.2) is 4.39 Å². The third kappa shape index (κ3) is 2.87. The molecule has 0 aromatic heterocycles. The number of epoxide rings is 1. The van der Waals surface area contributed by atoms with Crippen molar-refractivity contribution in [3.05, 3.63) is 35.1 Å². The number of rotatable bonds is 5. The molecule has 1 heterocycles. The molecule has 1 nitrogen and oxygen atoms in total. The van der Waals surface area contributed by atoms with Crippen LogP contribution in [0.15, 0.2) is 18.2 Å². The Kier molecular flexibility index (Phi) is 3.81. The molecule has 2 unspecified atom stereocenters. The summed E-state index contributed by atoms with van der Waals surface area (Å²) in [5, 5.41) is 0. The highest BCUT2D eigenvalue weighted by molar-refractivity contribution is 5.43. The van der Waals surface area contributed by atoms with Crippen LogP contribution in [0.5, 0.6) is 0 Å². The molecule has 90 valence electrons. The van der Waals surface area contributed by atoms with Gasteiger partial charge in [-0.3, -0.25) is 0 Å². The minimum absolute atomic E-state index is 0.0820. The average molecular weight is 232 g/mol. The van der Waals surface area contributed by atoms with E-state index in [0.29, 0.717) is 5.56 Å². The Labute approximate surface area is 102 Å². The minimum atomic E-state index is -0.287. The van der Waals surface area contributed by atoms with Gasteiger partial charge < -0.3 is 4.74 Å². The molecular formula is C15H17FO. The van der Waals surface area contributed by atoms with E-state index in [-0.39, 0.29) is 18.0 Å². The van der Waals surface area contributed by atoms with Crippen LogP contribution in [0, 0.1) is 18.2 Å². The summed E-state index contributed by atoms with van der Waals surface area (Å²) in [5.41, 5.74) is 1.57. The fourth-order valence-corrected chi connectivity index (χ4v) is 2.13.